The van der Waals surface area contributed by atoms with Gasteiger partial charge in [-0.1, -0.05) is 6.07 Å². The Labute approximate surface area is 114 Å². The minimum absolute atomic E-state index is 0.0410. The number of rotatable bonds is 6. The first kappa shape index (κ1) is 15.6. The van der Waals surface area contributed by atoms with Crippen molar-refractivity contribution in [3.8, 4) is 11.5 Å². The van der Waals surface area contributed by atoms with Gasteiger partial charge in [0.25, 0.3) is 0 Å². The van der Waals surface area contributed by atoms with Gasteiger partial charge in [0.15, 0.2) is 11.5 Å². The van der Waals surface area contributed by atoms with Crippen molar-refractivity contribution in [3.63, 3.8) is 0 Å². The molecule has 0 amide bonds. The predicted molar refractivity (Wildman–Crippen MR) is 64.2 cm³/mol. The summed E-state index contributed by atoms with van der Waals surface area (Å²) in [6.45, 7) is 1.67. The Morgan fingerprint density at radius 3 is 2.45 bits per heavy atom. The van der Waals surface area contributed by atoms with Crippen molar-refractivity contribution in [2.75, 3.05) is 20.8 Å². The van der Waals surface area contributed by atoms with Gasteiger partial charge in [-0.3, -0.25) is 4.89 Å². The van der Waals surface area contributed by atoms with E-state index in [0.29, 0.717) is 5.75 Å². The second-order valence-corrected chi connectivity index (χ2v) is 3.25. The minimum Gasteiger partial charge on any atom is -0.493 e. The predicted octanol–water partition coefficient (Wildman–Crippen LogP) is 1.88. The molecule has 0 bridgehead atoms. The van der Waals surface area contributed by atoms with Crippen molar-refractivity contribution in [2.24, 2.45) is 0 Å². The van der Waals surface area contributed by atoms with Gasteiger partial charge < -0.3 is 14.2 Å². The van der Waals surface area contributed by atoms with Crippen molar-refractivity contribution < 1.29 is 38.6 Å². The number of carbonyl (C=O) groups excluding carboxylic acids is 2. The Bertz CT molecular complexity index is 471. The van der Waals surface area contributed by atoms with Crippen molar-refractivity contribution in [3.05, 3.63) is 23.8 Å². The van der Waals surface area contributed by atoms with Gasteiger partial charge in [0.1, 0.15) is 5.56 Å². The molecule has 0 aliphatic heterocycles. The van der Waals surface area contributed by atoms with Crippen LogP contribution in [0.4, 0.5) is 4.79 Å². The number of para-hydroxylation sites is 1. The highest BCUT2D eigenvalue weighted by atomic mass is 17.5. The zero-order valence-electron chi connectivity index (χ0n) is 11.2. The normalized spacial score (nSPS) is 9.55. The molecule has 1 rings (SSSR count). The molecule has 0 N–H and O–H groups in total. The fourth-order valence-corrected chi connectivity index (χ4v) is 1.31. The van der Waals surface area contributed by atoms with E-state index in [1.54, 1.807) is 19.1 Å². The summed E-state index contributed by atoms with van der Waals surface area (Å²) < 4.78 is 14.5. The molecule has 0 saturated carbocycles. The molecule has 0 aliphatic rings. The topological polar surface area (TPSA) is 89.5 Å². The summed E-state index contributed by atoms with van der Waals surface area (Å²) in [5.74, 6) is -0.418. The number of carbonyl (C=O) groups is 2. The first-order valence-corrected chi connectivity index (χ1v) is 5.57. The quantitative estimate of drug-likeness (QED) is 0.445. The number of hydrogen-bond acceptors (Lipinski definition) is 8. The summed E-state index contributed by atoms with van der Waals surface area (Å²) >= 11 is 0. The highest BCUT2D eigenvalue weighted by Gasteiger charge is 2.19. The molecule has 0 unspecified atom stereocenters. The van der Waals surface area contributed by atoms with Crippen LogP contribution in [-0.2, 0) is 19.6 Å². The van der Waals surface area contributed by atoms with Crippen LogP contribution in [0.1, 0.15) is 17.3 Å². The van der Waals surface area contributed by atoms with Gasteiger partial charge >= 0.3 is 12.1 Å². The molecular weight excluding hydrogens is 272 g/mol. The summed E-state index contributed by atoms with van der Waals surface area (Å²) in [6.07, 6.45) is -1.13. The molecule has 0 aromatic heterocycles. The van der Waals surface area contributed by atoms with E-state index in [4.69, 9.17) is 9.47 Å². The van der Waals surface area contributed by atoms with Gasteiger partial charge in [0.2, 0.25) is 0 Å². The maximum atomic E-state index is 11.7. The molecular formula is C12H14O8. The van der Waals surface area contributed by atoms with Gasteiger partial charge in [0, 0.05) is 0 Å². The van der Waals surface area contributed by atoms with E-state index in [9.17, 15) is 9.59 Å². The second kappa shape index (κ2) is 7.85. The highest BCUT2D eigenvalue weighted by Crippen LogP contribution is 2.31. The number of ether oxygens (including phenoxy) is 3. The molecule has 1 aromatic carbocycles. The Morgan fingerprint density at radius 2 is 1.85 bits per heavy atom. The lowest BCUT2D eigenvalue weighted by Gasteiger charge is -2.10. The lowest BCUT2D eigenvalue weighted by Crippen LogP contribution is -2.12. The summed E-state index contributed by atoms with van der Waals surface area (Å²) in [7, 11) is 2.79. The summed E-state index contributed by atoms with van der Waals surface area (Å²) in [5, 5.41) is 4.02. The lowest BCUT2D eigenvalue weighted by atomic mass is 10.2. The van der Waals surface area contributed by atoms with Gasteiger partial charge in [-0.15, -0.1) is 0 Å². The molecule has 110 valence electrons. The fourth-order valence-electron chi connectivity index (χ4n) is 1.31. The van der Waals surface area contributed by atoms with Crippen LogP contribution in [0.2, 0.25) is 0 Å². The van der Waals surface area contributed by atoms with Crippen LogP contribution in [-0.4, -0.2) is 33.0 Å². The maximum absolute atomic E-state index is 11.7. The van der Waals surface area contributed by atoms with Crippen molar-refractivity contribution in [2.45, 2.75) is 6.92 Å². The highest BCUT2D eigenvalue weighted by molar-refractivity contribution is 5.93. The molecule has 0 fully saturated rings. The second-order valence-electron chi connectivity index (χ2n) is 3.25. The molecule has 0 atom stereocenters. The molecule has 1 aromatic rings. The Morgan fingerprint density at radius 1 is 1.10 bits per heavy atom. The number of benzene rings is 1. The molecule has 8 nitrogen and oxygen atoms in total. The zero-order valence-corrected chi connectivity index (χ0v) is 11.2. The van der Waals surface area contributed by atoms with Gasteiger partial charge in [-0.25, -0.2) is 14.5 Å². The average molecular weight is 286 g/mol. The Kier molecular flexibility index (Phi) is 6.11. The standard InChI is InChI=1S/C12H14O8/c1-4-17-12(14)19-20-18-11(13)8-6-5-7-9(15-2)10(8)16-3/h5-7H,4H2,1-3H3. The van der Waals surface area contributed by atoms with Gasteiger partial charge in [-0.05, 0) is 19.1 Å². The van der Waals surface area contributed by atoms with Gasteiger partial charge in [-0.2, -0.15) is 0 Å². The van der Waals surface area contributed by atoms with E-state index in [2.05, 4.69) is 19.6 Å². The lowest BCUT2D eigenvalue weighted by molar-refractivity contribution is -0.452. The van der Waals surface area contributed by atoms with Crippen LogP contribution in [0.3, 0.4) is 0 Å². The Balaban J connectivity index is 2.66. The van der Waals surface area contributed by atoms with Crippen LogP contribution in [0, 0.1) is 0 Å². The Hall–Kier alpha value is -2.48. The van der Waals surface area contributed by atoms with Crippen molar-refractivity contribution in [1.82, 2.24) is 0 Å². The van der Waals surface area contributed by atoms with Crippen LogP contribution in [0.25, 0.3) is 0 Å². The molecule has 0 heterocycles. The van der Waals surface area contributed by atoms with Crippen molar-refractivity contribution in [1.29, 1.82) is 0 Å². The smallest absolute Gasteiger partial charge is 0.493 e. The number of methoxy groups -OCH3 is 2. The molecule has 0 saturated heterocycles. The van der Waals surface area contributed by atoms with E-state index in [0.717, 1.165) is 0 Å². The first-order valence-electron chi connectivity index (χ1n) is 5.57. The van der Waals surface area contributed by atoms with Crippen LogP contribution in [0.5, 0.6) is 11.5 Å². The monoisotopic (exact) mass is 286 g/mol. The van der Waals surface area contributed by atoms with E-state index < -0.39 is 12.1 Å². The molecule has 0 aliphatic carbocycles. The first-order chi connectivity index (χ1) is 9.63. The average Bonchev–Trinajstić information content (AvgIpc) is 2.46. The third-order valence-electron chi connectivity index (χ3n) is 2.10. The van der Waals surface area contributed by atoms with E-state index >= 15 is 0 Å². The number of hydrogen-bond donors (Lipinski definition) is 0. The fraction of sp³-hybridized carbons (Fsp3) is 0.333. The molecule has 20 heavy (non-hydrogen) atoms. The van der Waals surface area contributed by atoms with E-state index in [1.807, 2.05) is 0 Å². The van der Waals surface area contributed by atoms with Crippen molar-refractivity contribution >= 4 is 12.1 Å². The van der Waals surface area contributed by atoms with Crippen LogP contribution in [0.15, 0.2) is 18.2 Å². The molecule has 0 spiro atoms. The summed E-state index contributed by atoms with van der Waals surface area (Å²) in [5.41, 5.74) is 0.0410. The third-order valence-corrected chi connectivity index (χ3v) is 2.10. The van der Waals surface area contributed by atoms with E-state index in [1.165, 1.54) is 20.3 Å². The largest absolute Gasteiger partial charge is 0.543 e. The van der Waals surface area contributed by atoms with Crippen LogP contribution >= 0.6 is 0 Å². The van der Waals surface area contributed by atoms with Gasteiger partial charge in [0.05, 0.1) is 25.9 Å². The summed E-state index contributed by atoms with van der Waals surface area (Å²) in [4.78, 5) is 30.8. The summed E-state index contributed by atoms with van der Waals surface area (Å²) in [6, 6.07) is 4.59. The SMILES string of the molecule is CCOC(=O)OOOC(=O)c1cccc(OC)c1OC. The van der Waals surface area contributed by atoms with Crippen LogP contribution < -0.4 is 9.47 Å². The van der Waals surface area contributed by atoms with E-state index in [-0.39, 0.29) is 17.9 Å². The maximum Gasteiger partial charge on any atom is 0.543 e. The zero-order chi connectivity index (χ0) is 15.0. The molecule has 0 radical (unpaired) electrons. The minimum atomic E-state index is -1.13. The molecule has 8 heteroatoms. The third kappa shape index (κ3) is 4.02.